The van der Waals surface area contributed by atoms with Crippen LogP contribution in [0.4, 0.5) is 0 Å². The first-order valence-electron chi connectivity index (χ1n) is 6.62. The molecule has 0 aliphatic carbocycles. The maximum Gasteiger partial charge on any atom is 0.00201 e. The van der Waals surface area contributed by atoms with E-state index in [0.717, 1.165) is 12.5 Å². The van der Waals surface area contributed by atoms with Gasteiger partial charge in [0.05, 0.1) is 0 Å². The lowest BCUT2D eigenvalue weighted by Crippen LogP contribution is -2.28. The smallest absolute Gasteiger partial charge is 0.00201 e. The van der Waals surface area contributed by atoms with Crippen LogP contribution in [-0.4, -0.2) is 13.1 Å². The highest BCUT2D eigenvalue weighted by Gasteiger charge is 2.14. The van der Waals surface area contributed by atoms with Gasteiger partial charge in [0.25, 0.3) is 0 Å². The van der Waals surface area contributed by atoms with Crippen molar-refractivity contribution in [1.29, 1.82) is 0 Å². The minimum atomic E-state index is 0.693. The second kappa shape index (κ2) is 5.49. The Balaban J connectivity index is 2.06. The first-order valence-corrected chi connectivity index (χ1v) is 6.62. The lowest BCUT2D eigenvalue weighted by atomic mass is 9.89. The van der Waals surface area contributed by atoms with Crippen LogP contribution in [0.5, 0.6) is 0 Å². The molecule has 0 aromatic heterocycles. The van der Waals surface area contributed by atoms with Crippen molar-refractivity contribution in [2.45, 2.75) is 44.9 Å². The van der Waals surface area contributed by atoms with Gasteiger partial charge in [-0.25, -0.2) is 0 Å². The summed E-state index contributed by atoms with van der Waals surface area (Å²) in [5.74, 6) is 1.43. The highest BCUT2D eigenvalue weighted by molar-refractivity contribution is 5.27. The standard InChI is InChI=1S/C15H23N/c1-3-12(2)13-6-8-14(9-7-13)15-5-4-10-16-11-15/h6-9,12,15-16H,3-5,10-11H2,1-2H3. The molecule has 1 saturated heterocycles. The number of piperidine rings is 1. The maximum atomic E-state index is 3.48. The number of nitrogens with one attached hydrogen (secondary N) is 1. The molecule has 0 radical (unpaired) electrons. The van der Waals surface area contributed by atoms with E-state index in [1.165, 1.54) is 36.9 Å². The van der Waals surface area contributed by atoms with Gasteiger partial charge in [-0.05, 0) is 48.8 Å². The molecular formula is C15H23N. The molecule has 0 amide bonds. The predicted molar refractivity (Wildman–Crippen MR) is 70.0 cm³/mol. The molecule has 2 rings (SSSR count). The fraction of sp³-hybridized carbons (Fsp3) is 0.600. The van der Waals surface area contributed by atoms with Crippen LogP contribution < -0.4 is 5.32 Å². The van der Waals surface area contributed by atoms with Crippen LogP contribution in [0.1, 0.15) is 56.1 Å². The topological polar surface area (TPSA) is 12.0 Å². The summed E-state index contributed by atoms with van der Waals surface area (Å²) in [6.45, 7) is 6.91. The highest BCUT2D eigenvalue weighted by atomic mass is 14.9. The summed E-state index contributed by atoms with van der Waals surface area (Å²) in [6.07, 6.45) is 3.89. The fourth-order valence-corrected chi connectivity index (χ4v) is 2.47. The van der Waals surface area contributed by atoms with E-state index in [1.54, 1.807) is 0 Å². The Kier molecular flexibility index (Phi) is 4.00. The number of hydrogen-bond acceptors (Lipinski definition) is 1. The molecular weight excluding hydrogens is 194 g/mol. The molecule has 1 aromatic rings. The predicted octanol–water partition coefficient (Wildman–Crippen LogP) is 3.67. The van der Waals surface area contributed by atoms with E-state index < -0.39 is 0 Å². The van der Waals surface area contributed by atoms with Gasteiger partial charge in [0.2, 0.25) is 0 Å². The largest absolute Gasteiger partial charge is 0.316 e. The third-order valence-electron chi connectivity index (χ3n) is 3.89. The lowest BCUT2D eigenvalue weighted by Gasteiger charge is -2.23. The molecule has 88 valence electrons. The normalized spacial score (nSPS) is 23.0. The molecule has 0 spiro atoms. The van der Waals surface area contributed by atoms with Crippen LogP contribution in [0.2, 0.25) is 0 Å². The molecule has 1 aromatic carbocycles. The van der Waals surface area contributed by atoms with Crippen LogP contribution in [-0.2, 0) is 0 Å². The Bertz CT molecular complexity index is 309. The van der Waals surface area contributed by atoms with Crippen molar-refractivity contribution in [3.05, 3.63) is 35.4 Å². The first kappa shape index (κ1) is 11.7. The molecule has 2 atom stereocenters. The second-order valence-corrected chi connectivity index (χ2v) is 5.02. The molecule has 1 fully saturated rings. The molecule has 0 saturated carbocycles. The summed E-state index contributed by atoms with van der Waals surface area (Å²) in [5, 5.41) is 3.48. The first-order chi connectivity index (χ1) is 7.81. The molecule has 1 nitrogen and oxygen atoms in total. The Morgan fingerprint density at radius 2 is 2.06 bits per heavy atom. The van der Waals surface area contributed by atoms with Crippen molar-refractivity contribution < 1.29 is 0 Å². The van der Waals surface area contributed by atoms with E-state index in [0.29, 0.717) is 5.92 Å². The Morgan fingerprint density at radius 1 is 1.31 bits per heavy atom. The number of rotatable bonds is 3. The van der Waals surface area contributed by atoms with Crippen molar-refractivity contribution >= 4 is 0 Å². The molecule has 1 heteroatoms. The van der Waals surface area contributed by atoms with Gasteiger partial charge in [0.15, 0.2) is 0 Å². The van der Waals surface area contributed by atoms with Crippen molar-refractivity contribution in [1.82, 2.24) is 5.32 Å². The van der Waals surface area contributed by atoms with Crippen molar-refractivity contribution in [2.24, 2.45) is 0 Å². The monoisotopic (exact) mass is 217 g/mol. The molecule has 16 heavy (non-hydrogen) atoms. The summed E-state index contributed by atoms with van der Waals surface area (Å²) in [7, 11) is 0. The zero-order chi connectivity index (χ0) is 11.4. The minimum absolute atomic E-state index is 0.693. The van der Waals surface area contributed by atoms with Crippen molar-refractivity contribution in [3.8, 4) is 0 Å². The van der Waals surface area contributed by atoms with E-state index >= 15 is 0 Å². The van der Waals surface area contributed by atoms with Gasteiger partial charge < -0.3 is 5.32 Å². The average Bonchev–Trinajstić information content (AvgIpc) is 2.39. The van der Waals surface area contributed by atoms with Gasteiger partial charge in [0.1, 0.15) is 0 Å². The Hall–Kier alpha value is -0.820. The van der Waals surface area contributed by atoms with Gasteiger partial charge in [0, 0.05) is 6.54 Å². The van der Waals surface area contributed by atoms with Crippen LogP contribution in [0.15, 0.2) is 24.3 Å². The number of hydrogen-bond donors (Lipinski definition) is 1. The third-order valence-corrected chi connectivity index (χ3v) is 3.89. The van der Waals surface area contributed by atoms with Crippen LogP contribution in [0, 0.1) is 0 Å². The zero-order valence-electron chi connectivity index (χ0n) is 10.5. The average molecular weight is 217 g/mol. The highest BCUT2D eigenvalue weighted by Crippen LogP contribution is 2.25. The van der Waals surface area contributed by atoms with Crippen LogP contribution in [0.3, 0.4) is 0 Å². The molecule has 1 aliphatic rings. The molecule has 2 unspecified atom stereocenters. The van der Waals surface area contributed by atoms with Crippen molar-refractivity contribution in [3.63, 3.8) is 0 Å². The van der Waals surface area contributed by atoms with Crippen LogP contribution in [0.25, 0.3) is 0 Å². The van der Waals surface area contributed by atoms with E-state index in [-0.39, 0.29) is 0 Å². The second-order valence-electron chi connectivity index (χ2n) is 5.02. The third kappa shape index (κ3) is 2.65. The minimum Gasteiger partial charge on any atom is -0.316 e. The molecule has 1 N–H and O–H groups in total. The Labute approximate surface area is 99.3 Å². The van der Waals surface area contributed by atoms with Gasteiger partial charge in [-0.1, -0.05) is 38.1 Å². The lowest BCUT2D eigenvalue weighted by molar-refractivity contribution is 0.461. The van der Waals surface area contributed by atoms with E-state index in [1.807, 2.05) is 0 Å². The summed E-state index contributed by atoms with van der Waals surface area (Å²) in [4.78, 5) is 0. The quantitative estimate of drug-likeness (QED) is 0.814. The molecule has 0 bridgehead atoms. The molecule has 1 heterocycles. The van der Waals surface area contributed by atoms with Gasteiger partial charge in [-0.2, -0.15) is 0 Å². The van der Waals surface area contributed by atoms with E-state index in [2.05, 4.69) is 43.4 Å². The fourth-order valence-electron chi connectivity index (χ4n) is 2.47. The SMILES string of the molecule is CCC(C)c1ccc(C2CCCNC2)cc1. The summed E-state index contributed by atoms with van der Waals surface area (Å²) >= 11 is 0. The summed E-state index contributed by atoms with van der Waals surface area (Å²) in [5.41, 5.74) is 2.99. The van der Waals surface area contributed by atoms with Gasteiger partial charge in [-0.3, -0.25) is 0 Å². The van der Waals surface area contributed by atoms with Gasteiger partial charge in [-0.15, -0.1) is 0 Å². The van der Waals surface area contributed by atoms with Crippen LogP contribution >= 0.6 is 0 Å². The van der Waals surface area contributed by atoms with E-state index in [9.17, 15) is 0 Å². The molecule has 1 aliphatic heterocycles. The number of benzene rings is 1. The zero-order valence-corrected chi connectivity index (χ0v) is 10.5. The maximum absolute atomic E-state index is 3.48. The van der Waals surface area contributed by atoms with E-state index in [4.69, 9.17) is 0 Å². The summed E-state index contributed by atoms with van der Waals surface area (Å²) in [6, 6.07) is 9.30. The Morgan fingerprint density at radius 3 is 2.62 bits per heavy atom. The summed E-state index contributed by atoms with van der Waals surface area (Å²) < 4.78 is 0. The van der Waals surface area contributed by atoms with Gasteiger partial charge >= 0.3 is 0 Å². The van der Waals surface area contributed by atoms with Crippen molar-refractivity contribution in [2.75, 3.05) is 13.1 Å².